The average molecular weight is 264 g/mol. The Balaban J connectivity index is 1.75. The van der Waals surface area contributed by atoms with Gasteiger partial charge >= 0.3 is 0 Å². The number of hydrogen-bond acceptors (Lipinski definition) is 1. The second-order valence-corrected chi connectivity index (χ2v) is 5.90. The Kier molecular flexibility index (Phi) is 3.35. The van der Waals surface area contributed by atoms with Gasteiger partial charge in [0, 0.05) is 5.56 Å². The molecule has 0 radical (unpaired) electrons. The maximum atomic E-state index is 6.03. The van der Waals surface area contributed by atoms with Gasteiger partial charge in [0.2, 0.25) is 0 Å². The van der Waals surface area contributed by atoms with E-state index in [0.29, 0.717) is 0 Å². The van der Waals surface area contributed by atoms with Crippen molar-refractivity contribution in [3.05, 3.63) is 71.3 Å². The van der Waals surface area contributed by atoms with Crippen molar-refractivity contribution in [3.63, 3.8) is 0 Å². The lowest BCUT2D eigenvalue weighted by atomic mass is 9.99. The molecular formula is C19H20O. The van der Waals surface area contributed by atoms with E-state index in [1.54, 1.807) is 0 Å². The molecule has 1 aliphatic rings. The topological polar surface area (TPSA) is 9.23 Å². The maximum Gasteiger partial charge on any atom is 0.128 e. The third kappa shape index (κ3) is 2.93. The monoisotopic (exact) mass is 264 g/mol. The molecule has 1 aliphatic heterocycles. The van der Waals surface area contributed by atoms with Gasteiger partial charge in [0.25, 0.3) is 0 Å². The highest BCUT2D eigenvalue weighted by molar-refractivity contribution is 5.61. The van der Waals surface area contributed by atoms with Crippen molar-refractivity contribution < 1.29 is 4.74 Å². The van der Waals surface area contributed by atoms with Gasteiger partial charge in [-0.15, -0.1) is 0 Å². The van der Waals surface area contributed by atoms with Crippen LogP contribution >= 0.6 is 0 Å². The Morgan fingerprint density at radius 2 is 1.65 bits per heavy atom. The Morgan fingerprint density at radius 1 is 0.900 bits per heavy atom. The molecule has 0 amide bonds. The van der Waals surface area contributed by atoms with Crippen molar-refractivity contribution in [1.29, 1.82) is 0 Å². The summed E-state index contributed by atoms with van der Waals surface area (Å²) in [6, 6.07) is 17.2. The molecule has 1 heteroatoms. The van der Waals surface area contributed by atoms with Crippen LogP contribution in [0.3, 0.4) is 0 Å². The summed E-state index contributed by atoms with van der Waals surface area (Å²) in [6.45, 7) is 4.17. The van der Waals surface area contributed by atoms with Crippen molar-refractivity contribution >= 4 is 6.08 Å². The first kappa shape index (κ1) is 13.0. The van der Waals surface area contributed by atoms with Crippen molar-refractivity contribution in [2.75, 3.05) is 0 Å². The van der Waals surface area contributed by atoms with Crippen LogP contribution in [0.25, 0.3) is 6.08 Å². The molecule has 1 nitrogen and oxygen atoms in total. The van der Waals surface area contributed by atoms with Crippen molar-refractivity contribution in [2.24, 2.45) is 0 Å². The first-order chi connectivity index (χ1) is 9.62. The minimum atomic E-state index is -0.203. The molecular weight excluding hydrogens is 244 g/mol. The molecule has 2 aromatic rings. The minimum Gasteiger partial charge on any atom is -0.483 e. The summed E-state index contributed by atoms with van der Waals surface area (Å²) >= 11 is 0. The Hall–Kier alpha value is -2.02. The Morgan fingerprint density at radius 3 is 2.45 bits per heavy atom. The average Bonchev–Trinajstić information content (AvgIpc) is 2.45. The van der Waals surface area contributed by atoms with Crippen molar-refractivity contribution in [2.45, 2.75) is 32.3 Å². The highest BCUT2D eigenvalue weighted by Gasteiger charge is 2.21. The number of benzene rings is 2. The van der Waals surface area contributed by atoms with E-state index in [0.717, 1.165) is 18.6 Å². The molecule has 1 heterocycles. The van der Waals surface area contributed by atoms with Crippen LogP contribution in [0.5, 0.6) is 5.75 Å². The molecule has 0 saturated carbocycles. The molecule has 0 aromatic heterocycles. The van der Waals surface area contributed by atoms with Gasteiger partial charge in [-0.25, -0.2) is 0 Å². The Labute approximate surface area is 120 Å². The fraction of sp³-hybridized carbons (Fsp3) is 0.263. The number of hydrogen-bond donors (Lipinski definition) is 0. The molecule has 0 N–H and O–H groups in total. The number of aryl methyl sites for hydroxylation is 2. The lowest BCUT2D eigenvalue weighted by Gasteiger charge is -2.28. The number of rotatable bonds is 3. The first-order valence-corrected chi connectivity index (χ1v) is 7.17. The van der Waals surface area contributed by atoms with E-state index in [-0.39, 0.29) is 5.60 Å². The summed E-state index contributed by atoms with van der Waals surface area (Å²) in [5.41, 5.74) is 3.68. The van der Waals surface area contributed by atoms with Crippen LogP contribution in [0.2, 0.25) is 0 Å². The van der Waals surface area contributed by atoms with Crippen molar-refractivity contribution in [1.82, 2.24) is 0 Å². The molecule has 0 saturated heterocycles. The van der Waals surface area contributed by atoms with Gasteiger partial charge in [0.05, 0.1) is 0 Å². The number of ether oxygens (including phenoxy) is 1. The van der Waals surface area contributed by atoms with Crippen LogP contribution in [0, 0.1) is 0 Å². The zero-order valence-corrected chi connectivity index (χ0v) is 12.1. The van der Waals surface area contributed by atoms with E-state index >= 15 is 0 Å². The molecule has 0 spiro atoms. The first-order valence-electron chi connectivity index (χ1n) is 7.17. The van der Waals surface area contributed by atoms with Crippen LogP contribution in [0.1, 0.15) is 30.5 Å². The zero-order valence-electron chi connectivity index (χ0n) is 12.1. The van der Waals surface area contributed by atoms with Gasteiger partial charge in [-0.05, 0) is 50.0 Å². The van der Waals surface area contributed by atoms with E-state index in [1.165, 1.54) is 16.7 Å². The summed E-state index contributed by atoms with van der Waals surface area (Å²) in [4.78, 5) is 0. The van der Waals surface area contributed by atoms with Crippen LogP contribution in [-0.4, -0.2) is 5.60 Å². The fourth-order valence-corrected chi connectivity index (χ4v) is 2.50. The third-order valence-corrected chi connectivity index (χ3v) is 3.66. The largest absolute Gasteiger partial charge is 0.483 e. The highest BCUT2D eigenvalue weighted by Crippen LogP contribution is 2.31. The van der Waals surface area contributed by atoms with Gasteiger partial charge in [-0.1, -0.05) is 48.5 Å². The molecule has 3 rings (SSSR count). The minimum absolute atomic E-state index is 0.203. The van der Waals surface area contributed by atoms with Crippen molar-refractivity contribution in [3.8, 4) is 5.75 Å². The van der Waals surface area contributed by atoms with Gasteiger partial charge < -0.3 is 4.74 Å². The summed E-state index contributed by atoms with van der Waals surface area (Å²) in [6.07, 6.45) is 6.38. The lowest BCUT2D eigenvalue weighted by Crippen LogP contribution is -2.27. The fourth-order valence-electron chi connectivity index (χ4n) is 2.50. The van der Waals surface area contributed by atoms with Gasteiger partial charge in [-0.2, -0.15) is 0 Å². The van der Waals surface area contributed by atoms with Gasteiger partial charge in [-0.3, -0.25) is 0 Å². The zero-order chi connectivity index (χ0) is 14.0. The van der Waals surface area contributed by atoms with E-state index in [1.807, 2.05) is 0 Å². The van der Waals surface area contributed by atoms with Crippen LogP contribution < -0.4 is 4.74 Å². The van der Waals surface area contributed by atoms with Crippen LogP contribution in [0.15, 0.2) is 54.6 Å². The summed E-state index contributed by atoms with van der Waals surface area (Å²) in [5, 5.41) is 0. The van der Waals surface area contributed by atoms with Gasteiger partial charge in [0.15, 0.2) is 0 Å². The van der Waals surface area contributed by atoms with E-state index in [9.17, 15) is 0 Å². The second kappa shape index (κ2) is 5.16. The smallest absolute Gasteiger partial charge is 0.128 e. The highest BCUT2D eigenvalue weighted by atomic mass is 16.5. The standard InChI is InChI=1S/C19H20O/c1-19(2)13-12-17-11-10-16(14-18(17)20-19)9-8-15-6-4-3-5-7-15/h3-7,10-14H,8-9H2,1-2H3. The second-order valence-electron chi connectivity index (χ2n) is 5.90. The quantitative estimate of drug-likeness (QED) is 0.783. The van der Waals surface area contributed by atoms with Crippen LogP contribution in [0.4, 0.5) is 0 Å². The predicted octanol–water partition coefficient (Wildman–Crippen LogP) is 4.66. The molecule has 0 aliphatic carbocycles. The van der Waals surface area contributed by atoms with Gasteiger partial charge in [0.1, 0.15) is 11.4 Å². The molecule has 2 aromatic carbocycles. The van der Waals surface area contributed by atoms with E-state index < -0.39 is 0 Å². The summed E-state index contributed by atoms with van der Waals surface area (Å²) in [7, 11) is 0. The molecule has 0 bridgehead atoms. The molecule has 20 heavy (non-hydrogen) atoms. The SMILES string of the molecule is CC1(C)C=Cc2ccc(CCc3ccccc3)cc2O1. The van der Waals surface area contributed by atoms with E-state index in [2.05, 4.69) is 74.5 Å². The van der Waals surface area contributed by atoms with E-state index in [4.69, 9.17) is 4.74 Å². The molecule has 102 valence electrons. The molecule has 0 unspecified atom stereocenters. The Bertz CT molecular complexity index is 623. The maximum absolute atomic E-state index is 6.03. The predicted molar refractivity (Wildman–Crippen MR) is 84.0 cm³/mol. The van der Waals surface area contributed by atoms with Crippen LogP contribution in [-0.2, 0) is 12.8 Å². The third-order valence-electron chi connectivity index (χ3n) is 3.66. The number of fused-ring (bicyclic) bond motifs is 1. The lowest BCUT2D eigenvalue weighted by molar-refractivity contribution is 0.159. The molecule has 0 fully saturated rings. The normalized spacial score (nSPS) is 15.5. The summed E-state index contributed by atoms with van der Waals surface area (Å²) in [5.74, 6) is 1.00. The summed E-state index contributed by atoms with van der Waals surface area (Å²) < 4.78 is 6.03. The molecule has 0 atom stereocenters.